The highest BCUT2D eigenvalue weighted by molar-refractivity contribution is 5.80. The number of carbonyl (C=O) groups excluding carboxylic acids is 1. The monoisotopic (exact) mass is 1220 g/mol. The Morgan fingerprint density at radius 1 is 0.600 bits per heavy atom. The van der Waals surface area contributed by atoms with E-state index in [4.69, 9.17) is 47.4 Å². The van der Waals surface area contributed by atoms with E-state index < -0.39 is 238 Å². The van der Waals surface area contributed by atoms with Gasteiger partial charge in [-0.15, -0.1) is 0 Å². The normalized spacial score (nSPS) is 54.0. The van der Waals surface area contributed by atoms with Crippen LogP contribution in [0.4, 0.5) is 0 Å². The number of rotatable bonds is 14. The average Bonchev–Trinajstić information content (AvgIpc) is 0.951. The molecule has 28 heteroatoms. The molecule has 9 fully saturated rings. The van der Waals surface area contributed by atoms with Gasteiger partial charge in [-0.05, 0) is 97.7 Å². The Balaban J connectivity index is 0.864. The molecule has 5 heterocycles. The maximum Gasteiger partial charge on any atom is 0.317 e. The van der Waals surface area contributed by atoms with E-state index in [1.165, 1.54) is 6.92 Å². The van der Waals surface area contributed by atoms with Gasteiger partial charge < -0.3 is 134 Å². The molecule has 488 valence electrons. The summed E-state index contributed by atoms with van der Waals surface area (Å²) in [5.74, 6) is -2.25. The summed E-state index contributed by atoms with van der Waals surface area (Å²) < 4.78 is 58.5. The fourth-order valence-electron chi connectivity index (χ4n) is 17.4. The molecular weight excluding hydrogens is 1130 g/mol. The molecule has 4 saturated carbocycles. The third-order valence-corrected chi connectivity index (χ3v) is 22.6. The predicted octanol–water partition coefficient (Wildman–Crippen LogP) is -5.38. The van der Waals surface area contributed by atoms with Gasteiger partial charge in [0.15, 0.2) is 31.3 Å². The Morgan fingerprint density at radius 2 is 1.24 bits per heavy atom. The van der Waals surface area contributed by atoms with E-state index >= 15 is 4.79 Å². The van der Waals surface area contributed by atoms with Gasteiger partial charge >= 0.3 is 5.97 Å². The first-order valence-corrected chi connectivity index (χ1v) is 29.9. The molecule has 0 amide bonds. The van der Waals surface area contributed by atoms with Crippen LogP contribution in [0.15, 0.2) is 11.6 Å². The number of ether oxygens (including phenoxy) is 10. The highest BCUT2D eigenvalue weighted by Gasteiger charge is 2.74. The van der Waals surface area contributed by atoms with Crippen LogP contribution in [0, 0.1) is 50.2 Å². The van der Waals surface area contributed by atoms with E-state index in [1.807, 2.05) is 6.92 Å². The zero-order valence-electron chi connectivity index (χ0n) is 48.8. The Labute approximate surface area is 491 Å². The molecule has 5 aliphatic heterocycles. The van der Waals surface area contributed by atoms with Crippen LogP contribution in [0.5, 0.6) is 0 Å². The summed E-state index contributed by atoms with van der Waals surface area (Å²) in [4.78, 5) is 15.4. The zero-order valence-corrected chi connectivity index (χ0v) is 48.8. The van der Waals surface area contributed by atoms with E-state index in [0.717, 1.165) is 5.57 Å². The number of carbonyl (C=O) groups is 1. The second-order valence-corrected chi connectivity index (χ2v) is 27.9. The van der Waals surface area contributed by atoms with Crippen molar-refractivity contribution in [2.75, 3.05) is 46.2 Å². The van der Waals surface area contributed by atoms with Crippen LogP contribution in [0.3, 0.4) is 0 Å². The number of aliphatic hydroxyl groups excluding tert-OH is 16. The Hall–Kier alpha value is -1.83. The van der Waals surface area contributed by atoms with Gasteiger partial charge in [-0.1, -0.05) is 46.3 Å². The maximum atomic E-state index is 15.4. The molecule has 28 nitrogen and oxygen atoms in total. The summed E-state index contributed by atoms with van der Waals surface area (Å²) >= 11 is 0. The summed E-state index contributed by atoms with van der Waals surface area (Å²) in [6, 6.07) is 0. The molecule has 10 rings (SSSR count). The number of hydrogen-bond acceptors (Lipinski definition) is 28. The molecule has 0 radical (unpaired) electrons. The van der Waals surface area contributed by atoms with E-state index in [2.05, 4.69) is 33.8 Å². The zero-order chi connectivity index (χ0) is 62.1. The lowest BCUT2D eigenvalue weighted by molar-refractivity contribution is -0.372. The first-order chi connectivity index (χ1) is 39.9. The number of hydrogen-bond donors (Lipinski definition) is 17. The van der Waals surface area contributed by atoms with E-state index in [9.17, 15) is 86.8 Å². The molecule has 5 saturated heterocycles. The van der Waals surface area contributed by atoms with Gasteiger partial charge in [-0.25, -0.2) is 0 Å². The minimum Gasteiger partial charge on any atom is -0.432 e. The van der Waals surface area contributed by atoms with Crippen molar-refractivity contribution in [3.8, 4) is 0 Å². The molecule has 0 aromatic heterocycles. The van der Waals surface area contributed by atoms with Gasteiger partial charge in [0.25, 0.3) is 0 Å². The SMILES string of the molecule is CC1OC(OC2C(OC(=O)[C@]34CCC(C)(C)CC3C3=CCC5[C@@]6(C)CC(O)C(OC7OC(CO)C(O)C(O)C7O)C(CO)(CO)C6CC[C@@]5(C)[C@]3(C)CC4O)OCC(O)C2O)C(O)C(O)C1OC1OCC(O)C(OC2OC[C@](O)(CO)C2O)C1O. The third kappa shape index (κ3) is 10.6. The van der Waals surface area contributed by atoms with Crippen LogP contribution in [0.1, 0.15) is 92.9 Å². The Bertz CT molecular complexity index is 2380. The molecule has 31 atom stereocenters. The molecule has 85 heavy (non-hydrogen) atoms. The minimum atomic E-state index is -2.08. The van der Waals surface area contributed by atoms with Gasteiger partial charge in [0, 0.05) is 5.41 Å². The van der Waals surface area contributed by atoms with E-state index in [-0.39, 0.29) is 30.6 Å². The summed E-state index contributed by atoms with van der Waals surface area (Å²) in [5, 5.41) is 188. The first-order valence-electron chi connectivity index (χ1n) is 29.9. The first kappa shape index (κ1) is 66.1. The van der Waals surface area contributed by atoms with Gasteiger partial charge in [-0.2, -0.15) is 0 Å². The van der Waals surface area contributed by atoms with Crippen LogP contribution < -0.4 is 0 Å². The summed E-state index contributed by atoms with van der Waals surface area (Å²) in [7, 11) is 0. The Kier molecular flexibility index (Phi) is 18.7. The van der Waals surface area contributed by atoms with Crippen molar-refractivity contribution in [1.82, 2.24) is 0 Å². The van der Waals surface area contributed by atoms with E-state index in [1.54, 1.807) is 0 Å². The van der Waals surface area contributed by atoms with Crippen LogP contribution in [0.2, 0.25) is 0 Å². The van der Waals surface area contributed by atoms with Crippen molar-refractivity contribution in [3.05, 3.63) is 11.6 Å². The quantitative estimate of drug-likeness (QED) is 0.0439. The average molecular weight is 1230 g/mol. The lowest BCUT2D eigenvalue weighted by Crippen LogP contribution is -2.71. The van der Waals surface area contributed by atoms with Gasteiger partial charge in [0.2, 0.25) is 6.29 Å². The van der Waals surface area contributed by atoms with Crippen molar-refractivity contribution < 1.29 is 139 Å². The maximum absolute atomic E-state index is 15.4. The summed E-state index contributed by atoms with van der Waals surface area (Å²) in [6.45, 7) is 7.41. The van der Waals surface area contributed by atoms with Crippen molar-refractivity contribution in [2.24, 2.45) is 50.2 Å². The highest BCUT2D eigenvalue weighted by Crippen LogP contribution is 2.76. The lowest BCUT2D eigenvalue weighted by Gasteiger charge is -2.72. The lowest BCUT2D eigenvalue weighted by atomic mass is 9.33. The van der Waals surface area contributed by atoms with Gasteiger partial charge in [0.1, 0.15) is 90.4 Å². The standard InChI is InChI=1S/C57H92O28/c1-23-40(81-45-39(72)41(28(64)18-76-45)82-49-43(73)56(75,21-61)22-78-49)36(69)38(71)46(79-23)83-42-33(66)27(63)17-77-48(42)85-50(74)57-12-11-51(2,3)13-25(57)24-7-8-30-52(4)14-26(62)44(84-47-37(70)35(68)34(67)29(16-58)80-47)55(19-59,20-60)31(52)9-10-53(30,5)54(24,6)15-32(57)65/h7,23,25-49,58-73,75H,8-22H2,1-6H3/t23?,25?,26?,27?,28?,29?,30?,31?,32?,33?,34?,35?,36?,37?,38?,39?,40?,41?,42?,43?,44?,45?,46?,47?,48?,49?,52-,53-,54-,56-,57-/m1/s1. The third-order valence-electron chi connectivity index (χ3n) is 22.6. The number of allylic oxidation sites excluding steroid dienone is 2. The molecule has 0 aromatic carbocycles. The molecule has 0 bridgehead atoms. The summed E-state index contributed by atoms with van der Waals surface area (Å²) in [5.41, 5.74) is -6.87. The second kappa shape index (κ2) is 24.0. The molecule has 26 unspecified atom stereocenters. The predicted molar refractivity (Wildman–Crippen MR) is 282 cm³/mol. The van der Waals surface area contributed by atoms with Crippen molar-refractivity contribution in [1.29, 1.82) is 0 Å². The summed E-state index contributed by atoms with van der Waals surface area (Å²) in [6.07, 6.45) is -32.8. The van der Waals surface area contributed by atoms with Crippen LogP contribution in [-0.4, -0.2) is 286 Å². The molecule has 17 N–H and O–H groups in total. The minimum absolute atomic E-state index is 0.0767. The smallest absolute Gasteiger partial charge is 0.317 e. The van der Waals surface area contributed by atoms with Crippen LogP contribution >= 0.6 is 0 Å². The number of fused-ring (bicyclic) bond motifs is 7. The van der Waals surface area contributed by atoms with E-state index in [0.29, 0.717) is 32.1 Å². The Morgan fingerprint density at radius 3 is 1.89 bits per heavy atom. The van der Waals surface area contributed by atoms with Gasteiger partial charge in [-0.3, -0.25) is 4.79 Å². The topological polar surface area (TPSA) is 453 Å². The van der Waals surface area contributed by atoms with Crippen molar-refractivity contribution in [2.45, 2.75) is 240 Å². The fourth-order valence-corrected chi connectivity index (χ4v) is 17.4. The molecule has 0 aromatic rings. The molecular formula is C57H92O28. The molecule has 0 spiro atoms. The van der Waals surface area contributed by atoms with Crippen molar-refractivity contribution >= 4 is 5.97 Å². The largest absolute Gasteiger partial charge is 0.432 e. The van der Waals surface area contributed by atoms with Gasteiger partial charge in [0.05, 0.1) is 70.7 Å². The highest BCUT2D eigenvalue weighted by atomic mass is 16.8. The van der Waals surface area contributed by atoms with Crippen LogP contribution in [0.25, 0.3) is 0 Å². The van der Waals surface area contributed by atoms with Crippen LogP contribution in [-0.2, 0) is 52.2 Å². The number of esters is 1. The molecule has 10 aliphatic rings. The second-order valence-electron chi connectivity index (χ2n) is 27.9. The number of aliphatic hydroxyl groups is 17. The molecule has 5 aliphatic carbocycles. The van der Waals surface area contributed by atoms with Crippen molar-refractivity contribution in [3.63, 3.8) is 0 Å². The fraction of sp³-hybridized carbons (Fsp3) is 0.947.